The Morgan fingerprint density at radius 3 is 1.95 bits per heavy atom. The van der Waals surface area contributed by atoms with Gasteiger partial charge in [0.25, 0.3) is 8.32 Å². The molecule has 200 valence electrons. The van der Waals surface area contributed by atoms with E-state index in [0.717, 1.165) is 21.5 Å². The van der Waals surface area contributed by atoms with Crippen LogP contribution in [0.5, 0.6) is 0 Å². The Hall–Kier alpha value is -3.22. The number of ether oxygens (including phenoxy) is 1. The Morgan fingerprint density at radius 2 is 1.45 bits per heavy atom. The molecule has 1 atom stereocenters. The van der Waals surface area contributed by atoms with E-state index in [0.29, 0.717) is 19.4 Å². The van der Waals surface area contributed by atoms with Gasteiger partial charge in [-0.05, 0) is 72.3 Å². The Balaban J connectivity index is 1.65. The van der Waals surface area contributed by atoms with Gasteiger partial charge in [-0.25, -0.2) is 9.18 Å². The molecule has 0 saturated heterocycles. The Kier molecular flexibility index (Phi) is 7.95. The molecule has 4 rings (SSSR count). The molecule has 0 bridgehead atoms. The number of carbonyl (C=O) groups excluding carboxylic acids is 1. The number of benzene rings is 3. The van der Waals surface area contributed by atoms with Gasteiger partial charge in [0.05, 0.1) is 6.04 Å². The molecule has 3 aromatic rings. The maximum atomic E-state index is 13.6. The van der Waals surface area contributed by atoms with E-state index in [1.54, 1.807) is 17.0 Å². The lowest BCUT2D eigenvalue weighted by Crippen LogP contribution is -2.65. The predicted octanol–water partition coefficient (Wildman–Crippen LogP) is 6.14. The van der Waals surface area contributed by atoms with E-state index in [2.05, 4.69) is 19.9 Å². The number of nitrogens with zero attached hydrogens (tertiary/aromatic N) is 1. The van der Waals surface area contributed by atoms with Crippen molar-refractivity contribution < 1.29 is 18.7 Å². The monoisotopic (exact) mass is 531 g/mol. The molecular weight excluding hydrogens is 493 g/mol. The summed E-state index contributed by atoms with van der Waals surface area (Å²) in [6.07, 6.45) is 3.08. The number of amides is 1. The summed E-state index contributed by atoms with van der Waals surface area (Å²) in [6.45, 7) is 10.2. The highest BCUT2D eigenvalue weighted by Crippen LogP contribution is 2.42. The Bertz CT molecular complexity index is 1230. The number of halogens is 1. The van der Waals surface area contributed by atoms with Crippen LogP contribution < -0.4 is 10.4 Å². The van der Waals surface area contributed by atoms with Crippen LogP contribution in [0.25, 0.3) is 5.57 Å². The predicted molar refractivity (Wildman–Crippen MR) is 155 cm³/mol. The van der Waals surface area contributed by atoms with Crippen LogP contribution in [-0.4, -0.2) is 42.3 Å². The van der Waals surface area contributed by atoms with Gasteiger partial charge in [-0.2, -0.15) is 0 Å². The zero-order valence-electron chi connectivity index (χ0n) is 22.9. The van der Waals surface area contributed by atoms with Crippen molar-refractivity contribution in [2.24, 2.45) is 0 Å². The Labute approximate surface area is 226 Å². The average molecular weight is 532 g/mol. The molecule has 1 N–H and O–H groups in total. The van der Waals surface area contributed by atoms with Crippen LogP contribution in [0.4, 0.5) is 9.18 Å². The lowest BCUT2D eigenvalue weighted by molar-refractivity contribution is 0.0236. The van der Waals surface area contributed by atoms with Gasteiger partial charge in [0.1, 0.15) is 11.4 Å². The molecule has 1 aliphatic rings. The number of hydrogen-bond acceptors (Lipinski definition) is 3. The molecule has 6 heteroatoms. The van der Waals surface area contributed by atoms with Gasteiger partial charge in [0.15, 0.2) is 0 Å². The van der Waals surface area contributed by atoms with Crippen LogP contribution in [0, 0.1) is 5.82 Å². The van der Waals surface area contributed by atoms with Crippen molar-refractivity contribution in [2.75, 3.05) is 6.54 Å². The molecular formula is C32H38FNO3Si. The van der Waals surface area contributed by atoms with E-state index in [4.69, 9.17) is 4.74 Å². The van der Waals surface area contributed by atoms with Gasteiger partial charge in [-0.3, -0.25) is 4.90 Å². The van der Waals surface area contributed by atoms with Gasteiger partial charge in [0.2, 0.25) is 0 Å². The summed E-state index contributed by atoms with van der Waals surface area (Å²) in [5, 5.41) is 1.49. The summed E-state index contributed by atoms with van der Waals surface area (Å²) in [5.74, 6) is -0.291. The molecule has 0 unspecified atom stereocenters. The summed E-state index contributed by atoms with van der Waals surface area (Å²) in [6, 6.07) is 26.1. The maximum Gasteiger partial charge on any atom is 0.411 e. The molecule has 1 heterocycles. The number of rotatable bonds is 7. The van der Waals surface area contributed by atoms with Crippen molar-refractivity contribution in [3.8, 4) is 0 Å². The first-order chi connectivity index (χ1) is 17.9. The average Bonchev–Trinajstić information content (AvgIpc) is 3.32. The van der Waals surface area contributed by atoms with Crippen molar-refractivity contribution in [1.82, 2.24) is 4.90 Å². The highest BCUT2D eigenvalue weighted by atomic mass is 28.4. The Morgan fingerprint density at radius 1 is 0.921 bits per heavy atom. The van der Waals surface area contributed by atoms with Crippen LogP contribution in [-0.2, 0) is 4.74 Å². The van der Waals surface area contributed by atoms with Gasteiger partial charge in [-0.15, -0.1) is 0 Å². The first-order valence-corrected chi connectivity index (χ1v) is 15.2. The van der Waals surface area contributed by atoms with Crippen LogP contribution in [0.2, 0.25) is 5.04 Å². The molecule has 1 amide bonds. The third-order valence-electron chi connectivity index (χ3n) is 7.41. The summed E-state index contributed by atoms with van der Waals surface area (Å²) in [5.41, 5.74) is 1.24. The van der Waals surface area contributed by atoms with E-state index >= 15 is 0 Å². The normalized spacial score (nSPS) is 16.3. The topological polar surface area (TPSA) is 49.8 Å². The quantitative estimate of drug-likeness (QED) is 0.373. The summed E-state index contributed by atoms with van der Waals surface area (Å²) < 4.78 is 19.3. The van der Waals surface area contributed by atoms with Crippen LogP contribution >= 0.6 is 0 Å². The van der Waals surface area contributed by atoms with Crippen LogP contribution in [0.1, 0.15) is 53.0 Å². The maximum absolute atomic E-state index is 13.6. The fourth-order valence-corrected chi connectivity index (χ4v) is 9.04. The number of hydrogen-bond donors (Lipinski definition) is 1. The van der Waals surface area contributed by atoms with Crippen LogP contribution in [0.15, 0.2) is 91.0 Å². The second-order valence-electron chi connectivity index (χ2n) is 11.7. The number of carbonyl (C=O) groups is 1. The lowest BCUT2D eigenvalue weighted by Gasteiger charge is -2.42. The smallest absolute Gasteiger partial charge is 0.411 e. The highest BCUT2D eigenvalue weighted by Gasteiger charge is 2.50. The summed E-state index contributed by atoms with van der Waals surface area (Å²) in [7, 11) is -3.17. The largest absolute Gasteiger partial charge is 0.444 e. The molecule has 0 saturated carbocycles. The van der Waals surface area contributed by atoms with Gasteiger partial charge in [0, 0.05) is 6.54 Å². The lowest BCUT2D eigenvalue weighted by atomic mass is 10.0. The zero-order valence-corrected chi connectivity index (χ0v) is 23.9. The molecule has 0 spiro atoms. The zero-order chi connectivity index (χ0) is 27.6. The minimum absolute atomic E-state index is 0.200. The van der Waals surface area contributed by atoms with Crippen molar-refractivity contribution in [3.63, 3.8) is 0 Å². The molecule has 38 heavy (non-hydrogen) atoms. The summed E-state index contributed by atoms with van der Waals surface area (Å²) >= 11 is 0. The first kappa shape index (κ1) is 27.8. The molecule has 1 aliphatic heterocycles. The minimum Gasteiger partial charge on any atom is -0.444 e. The van der Waals surface area contributed by atoms with Gasteiger partial charge >= 0.3 is 6.09 Å². The molecule has 0 aromatic heterocycles. The third kappa shape index (κ3) is 5.92. The standard InChI is InChI=1S/C32H38FNO3Si/c1-31(2,3)37-30(35)34-23-25(24-16-18-26(33)19-17-24)22-27(34)20-21-32(4,5)38(36,28-12-8-6-9-13-28)29-14-10-7-11-15-29/h6-19,22,27,36H,20-21,23H2,1-5H3/t27-/m1/s1. The van der Waals surface area contributed by atoms with Crippen molar-refractivity contribution >= 4 is 30.4 Å². The molecule has 0 fully saturated rings. The molecule has 0 aliphatic carbocycles. The fraction of sp³-hybridized carbons (Fsp3) is 0.344. The van der Waals surface area contributed by atoms with Gasteiger partial charge in [-0.1, -0.05) is 92.7 Å². The molecule has 4 nitrogen and oxygen atoms in total. The second-order valence-corrected chi connectivity index (χ2v) is 15.7. The SMILES string of the molecule is CC(C)(C)OC(=O)N1CC(c2ccc(F)cc2)=C[C@H]1CCC(C)(C)[Si](O)(c1ccccc1)c1ccccc1. The van der Waals surface area contributed by atoms with E-state index in [-0.39, 0.29) is 18.0 Å². The van der Waals surface area contributed by atoms with Crippen molar-refractivity contribution in [3.05, 3.63) is 102 Å². The minimum atomic E-state index is -3.17. The van der Waals surface area contributed by atoms with E-state index in [1.807, 2.05) is 81.4 Å². The third-order valence-corrected chi connectivity index (χ3v) is 12.0. The van der Waals surface area contributed by atoms with Gasteiger partial charge < -0.3 is 9.53 Å². The fourth-order valence-electron chi connectivity index (χ4n) is 5.28. The van der Waals surface area contributed by atoms with E-state index < -0.39 is 19.0 Å². The molecule has 3 aromatic carbocycles. The first-order valence-electron chi connectivity index (χ1n) is 13.2. The van der Waals surface area contributed by atoms with E-state index in [1.165, 1.54) is 12.1 Å². The van der Waals surface area contributed by atoms with Crippen molar-refractivity contribution in [1.29, 1.82) is 0 Å². The second kappa shape index (κ2) is 10.9. The summed E-state index contributed by atoms with van der Waals surface area (Å²) in [4.78, 5) is 27.5. The molecule has 0 radical (unpaired) electrons. The van der Waals surface area contributed by atoms with E-state index in [9.17, 15) is 14.0 Å². The highest BCUT2D eigenvalue weighted by molar-refractivity contribution is 6.98. The van der Waals surface area contributed by atoms with Crippen molar-refractivity contribution in [2.45, 2.75) is 64.1 Å². The van der Waals surface area contributed by atoms with Crippen LogP contribution in [0.3, 0.4) is 0 Å².